The Morgan fingerprint density at radius 1 is 1.04 bits per heavy atom. The van der Waals surface area contributed by atoms with Gasteiger partial charge in [0.1, 0.15) is 0 Å². The third kappa shape index (κ3) is 2.09. The van der Waals surface area contributed by atoms with E-state index in [9.17, 15) is 25.2 Å². The lowest BCUT2D eigenvalue weighted by Crippen LogP contribution is -2.60. The van der Waals surface area contributed by atoms with Crippen LogP contribution >= 0.6 is 0 Å². The number of carboxylic acids is 1. The highest BCUT2D eigenvalue weighted by Gasteiger charge is 2.68. The SMILES string of the molecule is C[C@]12CCC[C@](CO)(C(=O)O)[C@@H]1CC[C@@]13C[C@@H](CC[C@@H]12)[C@](O)(CO)C3. The van der Waals surface area contributed by atoms with Crippen LogP contribution in [0.25, 0.3) is 0 Å². The van der Waals surface area contributed by atoms with Crippen molar-refractivity contribution in [2.45, 2.75) is 70.3 Å². The van der Waals surface area contributed by atoms with Crippen molar-refractivity contribution in [3.05, 3.63) is 0 Å². The van der Waals surface area contributed by atoms with E-state index in [1.807, 2.05) is 0 Å². The molecule has 5 nitrogen and oxygen atoms in total. The standard InChI is InChI=1S/C20H32O5/c1-17-6-2-7-19(11-21,16(23)24)15(17)5-8-18-9-13(3-4-14(17)18)20(25,10-18)12-22/h13-15,21-22,25H,2-12H2,1H3,(H,23,24)/t13-,14-,15-,17-,18+,19-,20-/m1/s1. The van der Waals surface area contributed by atoms with Crippen LogP contribution in [0.2, 0.25) is 0 Å². The number of carboxylic acid groups (broad SMARTS) is 1. The Kier molecular flexibility index (Phi) is 3.85. The molecule has 1 spiro atoms. The molecule has 0 aromatic carbocycles. The molecule has 4 N–H and O–H groups in total. The maximum absolute atomic E-state index is 12.1. The number of hydrogen-bond acceptors (Lipinski definition) is 4. The Hall–Kier alpha value is -0.650. The molecule has 4 saturated carbocycles. The average Bonchev–Trinajstić information content (AvgIpc) is 2.79. The lowest BCUT2D eigenvalue weighted by Gasteiger charge is -2.63. The number of aliphatic hydroxyl groups excluding tert-OH is 2. The normalized spacial score (nSPS) is 54.6. The van der Waals surface area contributed by atoms with Crippen LogP contribution in [-0.2, 0) is 4.79 Å². The van der Waals surface area contributed by atoms with Crippen molar-refractivity contribution in [3.8, 4) is 0 Å². The first-order valence-electron chi connectivity index (χ1n) is 9.94. The van der Waals surface area contributed by atoms with Crippen molar-refractivity contribution in [1.29, 1.82) is 0 Å². The van der Waals surface area contributed by atoms with Crippen molar-refractivity contribution < 1.29 is 25.2 Å². The van der Waals surface area contributed by atoms with E-state index in [1.165, 1.54) is 0 Å². The van der Waals surface area contributed by atoms with Gasteiger partial charge in [-0.1, -0.05) is 13.3 Å². The maximum Gasteiger partial charge on any atom is 0.312 e. The van der Waals surface area contributed by atoms with Crippen molar-refractivity contribution in [2.75, 3.05) is 13.2 Å². The van der Waals surface area contributed by atoms with Gasteiger partial charge in [0.2, 0.25) is 0 Å². The predicted molar refractivity (Wildman–Crippen MR) is 91.8 cm³/mol. The Balaban J connectivity index is 1.73. The minimum Gasteiger partial charge on any atom is -0.481 e. The quantitative estimate of drug-likeness (QED) is 0.624. The zero-order valence-electron chi connectivity index (χ0n) is 15.2. The van der Waals surface area contributed by atoms with Gasteiger partial charge in [-0.15, -0.1) is 0 Å². The van der Waals surface area contributed by atoms with Crippen molar-refractivity contribution in [1.82, 2.24) is 0 Å². The monoisotopic (exact) mass is 352 g/mol. The third-order valence-electron chi connectivity index (χ3n) is 9.12. The van der Waals surface area contributed by atoms with Gasteiger partial charge in [0.15, 0.2) is 0 Å². The molecule has 142 valence electrons. The number of fused-ring (bicyclic) bond motifs is 3. The van der Waals surface area contributed by atoms with E-state index >= 15 is 0 Å². The van der Waals surface area contributed by atoms with Crippen molar-refractivity contribution in [2.24, 2.45) is 34.0 Å². The Morgan fingerprint density at radius 2 is 1.80 bits per heavy atom. The fourth-order valence-corrected chi connectivity index (χ4v) is 8.13. The summed E-state index contributed by atoms with van der Waals surface area (Å²) in [6.07, 6.45) is 7.74. The third-order valence-corrected chi connectivity index (χ3v) is 9.12. The lowest BCUT2D eigenvalue weighted by molar-refractivity contribution is -0.191. The van der Waals surface area contributed by atoms with Crippen LogP contribution in [0.1, 0.15) is 64.7 Å². The first-order valence-corrected chi connectivity index (χ1v) is 9.94. The summed E-state index contributed by atoms with van der Waals surface area (Å²) >= 11 is 0. The van der Waals surface area contributed by atoms with E-state index in [0.29, 0.717) is 18.8 Å². The summed E-state index contributed by atoms with van der Waals surface area (Å²) in [5.41, 5.74) is -2.00. The van der Waals surface area contributed by atoms with Gasteiger partial charge in [-0.05, 0) is 80.0 Å². The molecule has 0 aliphatic heterocycles. The minimum absolute atomic E-state index is 0.00578. The van der Waals surface area contributed by atoms with Gasteiger partial charge in [0, 0.05) is 0 Å². The molecule has 0 aromatic heterocycles. The molecule has 5 heteroatoms. The highest BCUT2D eigenvalue weighted by atomic mass is 16.4. The number of carbonyl (C=O) groups is 1. The smallest absolute Gasteiger partial charge is 0.312 e. The Morgan fingerprint density at radius 3 is 2.44 bits per heavy atom. The maximum atomic E-state index is 12.1. The second-order valence-corrected chi connectivity index (χ2v) is 9.90. The number of rotatable bonds is 3. The summed E-state index contributed by atoms with van der Waals surface area (Å²) < 4.78 is 0. The number of aliphatic hydroxyl groups is 3. The molecule has 0 unspecified atom stereocenters. The zero-order chi connectivity index (χ0) is 18.1. The molecule has 25 heavy (non-hydrogen) atoms. The van der Waals surface area contributed by atoms with E-state index in [2.05, 4.69) is 6.92 Å². The summed E-state index contributed by atoms with van der Waals surface area (Å²) in [7, 11) is 0. The number of aliphatic carboxylic acids is 1. The predicted octanol–water partition coefficient (Wildman–Crippen LogP) is 2.18. The van der Waals surface area contributed by atoms with E-state index in [4.69, 9.17) is 0 Å². The summed E-state index contributed by atoms with van der Waals surface area (Å²) in [5, 5.41) is 40.7. The van der Waals surface area contributed by atoms with Gasteiger partial charge in [0.05, 0.1) is 24.2 Å². The second-order valence-electron chi connectivity index (χ2n) is 9.90. The average molecular weight is 352 g/mol. The van der Waals surface area contributed by atoms with Gasteiger partial charge < -0.3 is 20.4 Å². The van der Waals surface area contributed by atoms with Crippen molar-refractivity contribution >= 4 is 5.97 Å². The van der Waals surface area contributed by atoms with Crippen LogP contribution in [0.4, 0.5) is 0 Å². The summed E-state index contributed by atoms with van der Waals surface area (Å²) in [6.45, 7) is 1.82. The van der Waals surface area contributed by atoms with Gasteiger partial charge >= 0.3 is 5.97 Å². The summed E-state index contributed by atoms with van der Waals surface area (Å²) in [6, 6.07) is 0. The summed E-state index contributed by atoms with van der Waals surface area (Å²) in [5.74, 6) is -0.263. The fraction of sp³-hybridized carbons (Fsp3) is 0.950. The number of hydrogen-bond donors (Lipinski definition) is 4. The second kappa shape index (κ2) is 5.43. The minimum atomic E-state index is -1.00. The Labute approximate surface area is 149 Å². The molecule has 4 aliphatic carbocycles. The fourth-order valence-electron chi connectivity index (χ4n) is 8.13. The topological polar surface area (TPSA) is 98.0 Å². The molecule has 7 atom stereocenters. The van der Waals surface area contributed by atoms with E-state index < -0.39 is 17.0 Å². The molecule has 4 fully saturated rings. The first-order chi connectivity index (χ1) is 11.8. The molecule has 2 bridgehead atoms. The largest absolute Gasteiger partial charge is 0.481 e. The van der Waals surface area contributed by atoms with Gasteiger partial charge in [-0.25, -0.2) is 0 Å². The van der Waals surface area contributed by atoms with Crippen LogP contribution in [0.15, 0.2) is 0 Å². The Bertz CT molecular complexity index is 578. The molecule has 0 radical (unpaired) electrons. The lowest BCUT2D eigenvalue weighted by atomic mass is 9.41. The van der Waals surface area contributed by atoms with Crippen LogP contribution in [-0.4, -0.2) is 45.2 Å². The molecule has 0 amide bonds. The van der Waals surface area contributed by atoms with Gasteiger partial charge in [-0.3, -0.25) is 4.79 Å². The zero-order valence-corrected chi connectivity index (χ0v) is 15.2. The molecular weight excluding hydrogens is 320 g/mol. The van der Waals surface area contributed by atoms with Gasteiger partial charge in [-0.2, -0.15) is 0 Å². The van der Waals surface area contributed by atoms with E-state index in [0.717, 1.165) is 44.9 Å². The first kappa shape index (κ1) is 17.7. The highest BCUT2D eigenvalue weighted by molar-refractivity contribution is 5.75. The van der Waals surface area contributed by atoms with Crippen LogP contribution in [0.3, 0.4) is 0 Å². The van der Waals surface area contributed by atoms with E-state index in [1.54, 1.807) is 0 Å². The molecule has 0 aromatic rings. The molecule has 4 aliphatic rings. The van der Waals surface area contributed by atoms with Crippen molar-refractivity contribution in [3.63, 3.8) is 0 Å². The highest BCUT2D eigenvalue weighted by Crippen LogP contribution is 2.72. The molecular formula is C20H32O5. The molecule has 4 rings (SSSR count). The molecule has 0 saturated heterocycles. The van der Waals surface area contributed by atoms with Crippen LogP contribution < -0.4 is 0 Å². The summed E-state index contributed by atoms with van der Waals surface area (Å²) in [4.78, 5) is 12.1. The van der Waals surface area contributed by atoms with E-state index in [-0.39, 0.29) is 35.9 Å². The van der Waals surface area contributed by atoms with Gasteiger partial charge in [0.25, 0.3) is 0 Å². The van der Waals surface area contributed by atoms with Crippen LogP contribution in [0, 0.1) is 34.0 Å². The van der Waals surface area contributed by atoms with Crippen LogP contribution in [0.5, 0.6) is 0 Å². The molecule has 0 heterocycles.